The predicted octanol–water partition coefficient (Wildman–Crippen LogP) is 1.40. The molecule has 5 nitrogen and oxygen atoms in total. The molecule has 2 N–H and O–H groups in total. The molecule has 0 spiro atoms. The van der Waals surface area contributed by atoms with Gasteiger partial charge in [-0.1, -0.05) is 0 Å². The summed E-state index contributed by atoms with van der Waals surface area (Å²) in [5, 5.41) is 15.9. The normalized spacial score (nSPS) is 15.5. The van der Waals surface area contributed by atoms with E-state index >= 15 is 0 Å². The fourth-order valence-electron chi connectivity index (χ4n) is 2.40. The lowest BCUT2D eigenvalue weighted by Crippen LogP contribution is -2.45. The molecule has 2 rings (SSSR count). The van der Waals surface area contributed by atoms with Crippen molar-refractivity contribution in [3.63, 3.8) is 0 Å². The summed E-state index contributed by atoms with van der Waals surface area (Å²) in [6.45, 7) is 4.48. The summed E-state index contributed by atoms with van der Waals surface area (Å²) in [5.74, 6) is 0.0527. The molecule has 1 aromatic heterocycles. The number of aromatic nitrogens is 2. The van der Waals surface area contributed by atoms with Crippen molar-refractivity contribution in [1.29, 1.82) is 0 Å². The molecule has 0 aromatic carbocycles. The first-order valence-corrected chi connectivity index (χ1v) is 6.58. The molecular weight excluding hydrogens is 230 g/mol. The quantitative estimate of drug-likeness (QED) is 0.831. The zero-order chi connectivity index (χ0) is 13.1. The second kappa shape index (κ2) is 5.52. The van der Waals surface area contributed by atoms with Gasteiger partial charge in [0.15, 0.2) is 0 Å². The van der Waals surface area contributed by atoms with Crippen molar-refractivity contribution in [3.8, 4) is 0 Å². The lowest BCUT2D eigenvalue weighted by Gasteiger charge is -2.37. The first-order chi connectivity index (χ1) is 8.65. The molecular formula is C13H21N3O2. The van der Waals surface area contributed by atoms with Crippen molar-refractivity contribution in [2.75, 3.05) is 13.2 Å². The van der Waals surface area contributed by atoms with Crippen molar-refractivity contribution in [1.82, 2.24) is 15.1 Å². The minimum Gasteiger partial charge on any atom is -0.396 e. The summed E-state index contributed by atoms with van der Waals surface area (Å²) in [6.07, 6.45) is 3.98. The third-order valence-electron chi connectivity index (χ3n) is 3.68. The van der Waals surface area contributed by atoms with E-state index in [4.69, 9.17) is 5.11 Å². The number of carbonyl (C=O) groups is 1. The Morgan fingerprint density at radius 3 is 2.67 bits per heavy atom. The summed E-state index contributed by atoms with van der Waals surface area (Å²) in [4.78, 5) is 14.5. The van der Waals surface area contributed by atoms with Gasteiger partial charge in [0, 0.05) is 24.9 Å². The van der Waals surface area contributed by atoms with Crippen molar-refractivity contribution in [3.05, 3.63) is 17.0 Å². The average molecular weight is 251 g/mol. The van der Waals surface area contributed by atoms with Gasteiger partial charge in [-0.05, 0) is 39.5 Å². The topological polar surface area (TPSA) is 69.2 Å². The highest BCUT2D eigenvalue weighted by molar-refractivity contribution is 5.96. The Balaban J connectivity index is 2.16. The third-order valence-corrected chi connectivity index (χ3v) is 3.68. The number of amides is 1. The molecule has 1 aliphatic rings. The highest BCUT2D eigenvalue weighted by Crippen LogP contribution is 2.27. The van der Waals surface area contributed by atoms with E-state index in [2.05, 4.69) is 10.2 Å². The molecule has 0 radical (unpaired) electrons. The van der Waals surface area contributed by atoms with Crippen LogP contribution < -0.4 is 0 Å². The predicted molar refractivity (Wildman–Crippen MR) is 68.4 cm³/mol. The van der Waals surface area contributed by atoms with Crippen LogP contribution in [0.2, 0.25) is 0 Å². The zero-order valence-electron chi connectivity index (χ0n) is 11.1. The minimum atomic E-state index is 0.0527. The van der Waals surface area contributed by atoms with Gasteiger partial charge in [0.2, 0.25) is 0 Å². The third kappa shape index (κ3) is 2.41. The summed E-state index contributed by atoms with van der Waals surface area (Å²) in [6, 6.07) is 0.345. The maximum Gasteiger partial charge on any atom is 0.257 e. The standard InChI is InChI=1S/C13H21N3O2/c1-9-12(10(2)15-14-9)13(18)16(7-4-8-17)11-5-3-6-11/h11,17H,3-8H2,1-2H3,(H,14,15). The fraction of sp³-hybridized carbons (Fsp3) is 0.692. The minimum absolute atomic E-state index is 0.0527. The Hall–Kier alpha value is -1.36. The number of aliphatic hydroxyl groups excluding tert-OH is 1. The Labute approximate surface area is 107 Å². The summed E-state index contributed by atoms with van der Waals surface area (Å²) in [5.41, 5.74) is 2.27. The molecule has 5 heteroatoms. The maximum absolute atomic E-state index is 12.6. The van der Waals surface area contributed by atoms with Crippen molar-refractivity contribution in [2.24, 2.45) is 0 Å². The first-order valence-electron chi connectivity index (χ1n) is 6.58. The number of hydrogen-bond acceptors (Lipinski definition) is 3. The summed E-state index contributed by atoms with van der Waals surface area (Å²) < 4.78 is 0. The monoisotopic (exact) mass is 251 g/mol. The second-order valence-electron chi connectivity index (χ2n) is 4.97. The number of aliphatic hydroxyl groups is 1. The van der Waals surface area contributed by atoms with E-state index in [1.165, 1.54) is 6.42 Å². The average Bonchev–Trinajstić information content (AvgIpc) is 2.61. The SMILES string of the molecule is Cc1n[nH]c(C)c1C(=O)N(CCCO)C1CCC1. The number of hydrogen-bond donors (Lipinski definition) is 2. The Bertz CT molecular complexity index is 404. The molecule has 100 valence electrons. The maximum atomic E-state index is 12.6. The van der Waals surface area contributed by atoms with E-state index in [1.807, 2.05) is 18.7 Å². The van der Waals surface area contributed by atoms with Crippen LogP contribution in [0.25, 0.3) is 0 Å². The lowest BCUT2D eigenvalue weighted by molar-refractivity contribution is 0.0561. The molecule has 1 aromatic rings. The molecule has 0 saturated heterocycles. The van der Waals surface area contributed by atoms with Gasteiger partial charge < -0.3 is 10.0 Å². The van der Waals surface area contributed by atoms with E-state index in [-0.39, 0.29) is 12.5 Å². The van der Waals surface area contributed by atoms with Crippen LogP contribution in [0, 0.1) is 13.8 Å². The number of carbonyl (C=O) groups excluding carboxylic acids is 1. The van der Waals surface area contributed by atoms with E-state index in [1.54, 1.807) is 0 Å². The van der Waals surface area contributed by atoms with E-state index < -0.39 is 0 Å². The van der Waals surface area contributed by atoms with E-state index in [0.717, 1.165) is 24.2 Å². The molecule has 0 atom stereocenters. The molecule has 18 heavy (non-hydrogen) atoms. The second-order valence-corrected chi connectivity index (χ2v) is 4.97. The number of nitrogens with one attached hydrogen (secondary N) is 1. The van der Waals surface area contributed by atoms with Gasteiger partial charge in [0.25, 0.3) is 5.91 Å². The largest absolute Gasteiger partial charge is 0.396 e. The van der Waals surface area contributed by atoms with Gasteiger partial charge in [-0.2, -0.15) is 5.10 Å². The molecule has 0 unspecified atom stereocenters. The van der Waals surface area contributed by atoms with Crippen LogP contribution in [0.5, 0.6) is 0 Å². The van der Waals surface area contributed by atoms with Gasteiger partial charge in [0.1, 0.15) is 0 Å². The number of nitrogens with zero attached hydrogens (tertiary/aromatic N) is 2. The zero-order valence-corrected chi connectivity index (χ0v) is 11.1. The van der Waals surface area contributed by atoms with E-state index in [0.29, 0.717) is 24.6 Å². The van der Waals surface area contributed by atoms with Crippen LogP contribution in [0.15, 0.2) is 0 Å². The van der Waals surface area contributed by atoms with Crippen LogP contribution in [-0.4, -0.2) is 45.3 Å². The van der Waals surface area contributed by atoms with Gasteiger partial charge in [-0.25, -0.2) is 0 Å². The smallest absolute Gasteiger partial charge is 0.257 e. The van der Waals surface area contributed by atoms with Gasteiger partial charge >= 0.3 is 0 Å². The van der Waals surface area contributed by atoms with Gasteiger partial charge in [0.05, 0.1) is 11.3 Å². The molecule has 1 saturated carbocycles. The van der Waals surface area contributed by atoms with Crippen LogP contribution >= 0.6 is 0 Å². The number of aromatic amines is 1. The van der Waals surface area contributed by atoms with Gasteiger partial charge in [-0.3, -0.25) is 9.89 Å². The molecule has 0 bridgehead atoms. The van der Waals surface area contributed by atoms with Crippen LogP contribution in [0.3, 0.4) is 0 Å². The lowest BCUT2D eigenvalue weighted by atomic mass is 9.90. The fourth-order valence-corrected chi connectivity index (χ4v) is 2.40. The van der Waals surface area contributed by atoms with Crippen molar-refractivity contribution in [2.45, 2.75) is 45.6 Å². The Morgan fingerprint density at radius 2 is 2.22 bits per heavy atom. The number of aryl methyl sites for hydroxylation is 2. The molecule has 1 heterocycles. The number of H-pyrrole nitrogens is 1. The first kappa shape index (κ1) is 13.1. The number of rotatable bonds is 5. The van der Waals surface area contributed by atoms with E-state index in [9.17, 15) is 4.79 Å². The summed E-state index contributed by atoms with van der Waals surface area (Å²) in [7, 11) is 0. The van der Waals surface area contributed by atoms with Crippen LogP contribution in [-0.2, 0) is 0 Å². The van der Waals surface area contributed by atoms with Gasteiger partial charge in [-0.15, -0.1) is 0 Å². The van der Waals surface area contributed by atoms with Crippen molar-refractivity contribution < 1.29 is 9.90 Å². The van der Waals surface area contributed by atoms with Crippen LogP contribution in [0.1, 0.15) is 47.4 Å². The Kier molecular flexibility index (Phi) is 4.01. The van der Waals surface area contributed by atoms with Crippen LogP contribution in [0.4, 0.5) is 0 Å². The molecule has 1 fully saturated rings. The van der Waals surface area contributed by atoms with Crippen molar-refractivity contribution >= 4 is 5.91 Å². The highest BCUT2D eigenvalue weighted by atomic mass is 16.3. The molecule has 0 aliphatic heterocycles. The Morgan fingerprint density at radius 1 is 1.50 bits per heavy atom. The molecule has 1 aliphatic carbocycles. The highest BCUT2D eigenvalue weighted by Gasteiger charge is 2.31. The summed E-state index contributed by atoms with van der Waals surface area (Å²) >= 11 is 0. The molecule has 1 amide bonds.